The Labute approximate surface area is 211 Å². The number of piperazine rings is 1. The van der Waals surface area contributed by atoms with Gasteiger partial charge in [0.15, 0.2) is 0 Å². The number of halogens is 1. The van der Waals surface area contributed by atoms with Crippen LogP contribution in [0.5, 0.6) is 0 Å². The van der Waals surface area contributed by atoms with Crippen molar-refractivity contribution in [2.75, 3.05) is 31.9 Å². The molecule has 35 heavy (non-hydrogen) atoms. The van der Waals surface area contributed by atoms with Gasteiger partial charge in [-0.1, -0.05) is 37.4 Å². The van der Waals surface area contributed by atoms with E-state index < -0.39 is 0 Å². The molecule has 7 nitrogen and oxygen atoms in total. The molecule has 1 aliphatic heterocycles. The van der Waals surface area contributed by atoms with Crippen LogP contribution in [0.2, 0.25) is 5.02 Å². The lowest BCUT2D eigenvalue weighted by atomic mass is 9.97. The van der Waals surface area contributed by atoms with Crippen molar-refractivity contribution in [3.8, 4) is 22.4 Å². The zero-order valence-electron chi connectivity index (χ0n) is 20.1. The fraction of sp³-hybridized carbons (Fsp3) is 0.407. The Morgan fingerprint density at radius 1 is 1.03 bits per heavy atom. The number of nitrogen functional groups attached to an aromatic ring is 1. The highest BCUT2D eigenvalue weighted by molar-refractivity contribution is 6.34. The fourth-order valence-electron chi connectivity index (χ4n) is 5.33. The minimum absolute atomic E-state index is 0.00693. The molecule has 1 amide bonds. The van der Waals surface area contributed by atoms with Gasteiger partial charge in [0, 0.05) is 55.1 Å². The first-order valence-electron chi connectivity index (χ1n) is 12.4. The summed E-state index contributed by atoms with van der Waals surface area (Å²) in [5, 5.41) is 0.434. The van der Waals surface area contributed by atoms with E-state index in [9.17, 15) is 4.79 Å². The van der Waals surface area contributed by atoms with Gasteiger partial charge < -0.3 is 10.6 Å². The summed E-state index contributed by atoms with van der Waals surface area (Å²) >= 11 is 6.69. The fourth-order valence-corrected chi connectivity index (χ4v) is 5.59. The summed E-state index contributed by atoms with van der Waals surface area (Å²) in [5.41, 5.74) is 10.6. The van der Waals surface area contributed by atoms with Crippen molar-refractivity contribution in [2.45, 2.75) is 45.1 Å². The molecule has 2 aromatic heterocycles. The first kappa shape index (κ1) is 23.7. The van der Waals surface area contributed by atoms with E-state index in [0.717, 1.165) is 60.7 Å². The molecule has 0 atom stereocenters. The van der Waals surface area contributed by atoms with Gasteiger partial charge in [0.25, 0.3) is 5.91 Å². The van der Waals surface area contributed by atoms with Crippen LogP contribution in [0.25, 0.3) is 22.4 Å². The second-order valence-electron chi connectivity index (χ2n) is 9.33. The van der Waals surface area contributed by atoms with Crippen LogP contribution >= 0.6 is 11.6 Å². The van der Waals surface area contributed by atoms with Crippen LogP contribution in [0.4, 0.5) is 5.82 Å². The Hall–Kier alpha value is -3.03. The third-order valence-corrected chi connectivity index (χ3v) is 7.56. The van der Waals surface area contributed by atoms with E-state index in [1.807, 2.05) is 29.2 Å². The van der Waals surface area contributed by atoms with Crippen LogP contribution in [-0.2, 0) is 6.42 Å². The Kier molecular flexibility index (Phi) is 6.97. The van der Waals surface area contributed by atoms with Crippen molar-refractivity contribution in [2.24, 2.45) is 0 Å². The average Bonchev–Trinajstić information content (AvgIpc) is 3.43. The van der Waals surface area contributed by atoms with Gasteiger partial charge in [-0.15, -0.1) is 0 Å². The molecule has 1 aromatic carbocycles. The smallest absolute Gasteiger partial charge is 0.255 e. The number of rotatable bonds is 5. The predicted octanol–water partition coefficient (Wildman–Crippen LogP) is 4.70. The van der Waals surface area contributed by atoms with Gasteiger partial charge in [-0.05, 0) is 43.5 Å². The highest BCUT2D eigenvalue weighted by Gasteiger charge is 2.29. The van der Waals surface area contributed by atoms with Gasteiger partial charge in [0.05, 0.1) is 22.0 Å². The summed E-state index contributed by atoms with van der Waals surface area (Å²) in [5.74, 6) is 0.452. The average molecular weight is 491 g/mol. The molecule has 3 heterocycles. The van der Waals surface area contributed by atoms with Crippen molar-refractivity contribution in [3.63, 3.8) is 0 Å². The monoisotopic (exact) mass is 490 g/mol. The number of aryl methyl sites for hydroxylation is 1. The zero-order chi connectivity index (χ0) is 24.4. The van der Waals surface area contributed by atoms with Crippen molar-refractivity contribution in [1.82, 2.24) is 24.8 Å². The number of pyridine rings is 1. The Balaban J connectivity index is 1.39. The summed E-state index contributed by atoms with van der Waals surface area (Å²) in [6, 6.07) is 9.97. The van der Waals surface area contributed by atoms with Crippen molar-refractivity contribution >= 4 is 23.3 Å². The van der Waals surface area contributed by atoms with E-state index >= 15 is 0 Å². The van der Waals surface area contributed by atoms with Crippen molar-refractivity contribution < 1.29 is 4.79 Å². The van der Waals surface area contributed by atoms with Crippen LogP contribution < -0.4 is 5.73 Å². The predicted molar refractivity (Wildman–Crippen MR) is 139 cm³/mol. The van der Waals surface area contributed by atoms with Crippen molar-refractivity contribution in [3.05, 3.63) is 59.1 Å². The molecule has 0 bridgehead atoms. The van der Waals surface area contributed by atoms with Gasteiger partial charge in [-0.25, -0.2) is 15.0 Å². The molecule has 0 unspecified atom stereocenters. The van der Waals surface area contributed by atoms with E-state index in [4.69, 9.17) is 17.3 Å². The lowest BCUT2D eigenvalue weighted by Gasteiger charge is -2.38. The number of hydrogen-bond acceptors (Lipinski definition) is 6. The maximum Gasteiger partial charge on any atom is 0.255 e. The van der Waals surface area contributed by atoms with E-state index in [2.05, 4.69) is 26.8 Å². The summed E-state index contributed by atoms with van der Waals surface area (Å²) in [4.78, 5) is 31.1. The number of benzene rings is 1. The zero-order valence-corrected chi connectivity index (χ0v) is 20.8. The molecule has 8 heteroatoms. The van der Waals surface area contributed by atoms with Gasteiger partial charge >= 0.3 is 0 Å². The first-order chi connectivity index (χ1) is 17.0. The number of anilines is 1. The minimum Gasteiger partial charge on any atom is -0.384 e. The number of amides is 1. The molecule has 1 saturated carbocycles. The van der Waals surface area contributed by atoms with Gasteiger partial charge in [-0.2, -0.15) is 0 Å². The van der Waals surface area contributed by atoms with E-state index in [-0.39, 0.29) is 5.91 Å². The molecule has 3 aromatic rings. The molecule has 1 saturated heterocycles. The van der Waals surface area contributed by atoms with E-state index in [0.29, 0.717) is 22.4 Å². The Morgan fingerprint density at radius 3 is 2.43 bits per heavy atom. The molecular weight excluding hydrogens is 460 g/mol. The Bertz CT molecular complexity index is 1200. The number of hydrogen-bond donors (Lipinski definition) is 1. The molecule has 2 fully saturated rings. The summed E-state index contributed by atoms with van der Waals surface area (Å²) in [7, 11) is 0. The highest BCUT2D eigenvalue weighted by atomic mass is 35.5. The first-order valence-corrected chi connectivity index (χ1v) is 12.8. The highest BCUT2D eigenvalue weighted by Crippen LogP contribution is 2.35. The van der Waals surface area contributed by atoms with Gasteiger partial charge in [0.2, 0.25) is 0 Å². The molecule has 0 spiro atoms. The summed E-state index contributed by atoms with van der Waals surface area (Å²) < 4.78 is 0. The second kappa shape index (κ2) is 10.3. The molecule has 2 aliphatic rings. The lowest BCUT2D eigenvalue weighted by molar-refractivity contribution is 0.0573. The standard InChI is InChI=1S/C27H31ClN6O/c1-2-23-25(19-8-10-24(29)30-16-19)26(32-17-31-23)18-7-9-21(22(28)15-18)27(35)34-13-11-33(12-14-34)20-5-3-4-6-20/h7-10,15-17,20H,2-6,11-14H2,1H3,(H2,29,30). The maximum absolute atomic E-state index is 13.3. The lowest BCUT2D eigenvalue weighted by Crippen LogP contribution is -2.51. The molecule has 0 radical (unpaired) electrons. The molecule has 2 N–H and O–H groups in total. The molecule has 5 rings (SSSR count). The third-order valence-electron chi connectivity index (χ3n) is 7.25. The quantitative estimate of drug-likeness (QED) is 0.557. The number of aromatic nitrogens is 3. The second-order valence-corrected chi connectivity index (χ2v) is 9.74. The largest absolute Gasteiger partial charge is 0.384 e. The van der Waals surface area contributed by atoms with Crippen LogP contribution in [0.15, 0.2) is 42.9 Å². The van der Waals surface area contributed by atoms with Crippen LogP contribution in [0, 0.1) is 0 Å². The van der Waals surface area contributed by atoms with Crippen molar-refractivity contribution in [1.29, 1.82) is 0 Å². The number of nitrogens with zero attached hydrogens (tertiary/aromatic N) is 5. The molecular formula is C27H31ClN6O. The molecule has 182 valence electrons. The summed E-state index contributed by atoms with van der Waals surface area (Å²) in [6.45, 7) is 5.42. The van der Waals surface area contributed by atoms with Crippen LogP contribution in [-0.4, -0.2) is 62.9 Å². The SMILES string of the molecule is CCc1ncnc(-c2ccc(C(=O)N3CCN(C4CCCC4)CC3)c(Cl)c2)c1-c1ccc(N)nc1. The van der Waals surface area contributed by atoms with Crippen LogP contribution in [0.1, 0.15) is 48.7 Å². The minimum atomic E-state index is -0.00693. The topological polar surface area (TPSA) is 88.2 Å². The van der Waals surface area contributed by atoms with Gasteiger partial charge in [-0.3, -0.25) is 9.69 Å². The third kappa shape index (κ3) is 4.88. The summed E-state index contributed by atoms with van der Waals surface area (Å²) in [6.07, 6.45) is 9.28. The van der Waals surface area contributed by atoms with E-state index in [1.165, 1.54) is 25.7 Å². The Morgan fingerprint density at radius 2 is 1.77 bits per heavy atom. The maximum atomic E-state index is 13.3. The van der Waals surface area contributed by atoms with Crippen LogP contribution in [0.3, 0.4) is 0 Å². The molecule has 1 aliphatic carbocycles. The number of carbonyl (C=O) groups excluding carboxylic acids is 1. The number of nitrogens with two attached hydrogens (primary N) is 1. The van der Waals surface area contributed by atoms with Gasteiger partial charge in [0.1, 0.15) is 12.1 Å². The number of carbonyl (C=O) groups is 1. The van der Waals surface area contributed by atoms with E-state index in [1.54, 1.807) is 18.6 Å². The normalized spacial score (nSPS) is 17.1.